The second kappa shape index (κ2) is 14.4. The summed E-state index contributed by atoms with van der Waals surface area (Å²) in [4.78, 5) is 28.3. The molecule has 1 aliphatic heterocycles. The van der Waals surface area contributed by atoms with E-state index in [0.717, 1.165) is 49.0 Å². The quantitative estimate of drug-likeness (QED) is 0.102. The SMILES string of the molecule is CCCCCOc1ccc(C2/C(=C(\O)c3cccc(OCCCC)c3)C(=O)C(=O)N2CCc2ccccc2)cc1. The van der Waals surface area contributed by atoms with Crippen LogP contribution in [-0.4, -0.2) is 41.5 Å². The van der Waals surface area contributed by atoms with Gasteiger partial charge in [0, 0.05) is 12.1 Å². The number of likely N-dealkylation sites (tertiary alicyclic amines) is 1. The highest BCUT2D eigenvalue weighted by atomic mass is 16.5. The fourth-order valence-corrected chi connectivity index (χ4v) is 4.86. The topological polar surface area (TPSA) is 76.1 Å². The third-order valence-electron chi connectivity index (χ3n) is 7.11. The number of ketones is 1. The van der Waals surface area contributed by atoms with E-state index in [1.807, 2.05) is 60.7 Å². The summed E-state index contributed by atoms with van der Waals surface area (Å²) < 4.78 is 11.7. The number of nitrogens with zero attached hydrogens (tertiary/aromatic N) is 1. The van der Waals surface area contributed by atoms with Gasteiger partial charge in [-0.05, 0) is 54.7 Å². The Balaban J connectivity index is 1.67. The van der Waals surface area contributed by atoms with Crippen molar-refractivity contribution in [2.24, 2.45) is 0 Å². The highest BCUT2D eigenvalue weighted by Crippen LogP contribution is 2.40. The molecule has 1 unspecified atom stereocenters. The lowest BCUT2D eigenvalue weighted by atomic mass is 9.95. The highest BCUT2D eigenvalue weighted by molar-refractivity contribution is 6.46. The second-order valence-corrected chi connectivity index (χ2v) is 10.1. The van der Waals surface area contributed by atoms with Crippen LogP contribution in [0.1, 0.15) is 68.7 Å². The molecule has 1 atom stereocenters. The van der Waals surface area contributed by atoms with Gasteiger partial charge in [-0.1, -0.05) is 87.7 Å². The molecule has 210 valence electrons. The van der Waals surface area contributed by atoms with Crippen molar-refractivity contribution in [1.29, 1.82) is 0 Å². The lowest BCUT2D eigenvalue weighted by Crippen LogP contribution is -2.31. The van der Waals surface area contributed by atoms with E-state index in [-0.39, 0.29) is 11.3 Å². The van der Waals surface area contributed by atoms with Gasteiger partial charge in [0.2, 0.25) is 0 Å². The molecule has 6 heteroatoms. The van der Waals surface area contributed by atoms with Gasteiger partial charge in [0.05, 0.1) is 24.8 Å². The number of carbonyl (C=O) groups is 2. The molecule has 0 bridgehead atoms. The number of aliphatic hydroxyl groups excluding tert-OH is 1. The van der Waals surface area contributed by atoms with Crippen molar-refractivity contribution in [3.63, 3.8) is 0 Å². The first kappa shape index (κ1) is 28.9. The second-order valence-electron chi connectivity index (χ2n) is 10.1. The Kier molecular flexibility index (Phi) is 10.4. The molecule has 1 heterocycles. The first-order chi connectivity index (χ1) is 19.5. The number of hydrogen-bond acceptors (Lipinski definition) is 5. The summed E-state index contributed by atoms with van der Waals surface area (Å²) in [5.74, 6) is -0.160. The highest BCUT2D eigenvalue weighted by Gasteiger charge is 2.45. The molecule has 3 aromatic carbocycles. The van der Waals surface area contributed by atoms with Crippen LogP contribution in [-0.2, 0) is 16.0 Å². The van der Waals surface area contributed by atoms with Gasteiger partial charge in [-0.2, -0.15) is 0 Å². The van der Waals surface area contributed by atoms with E-state index in [9.17, 15) is 14.7 Å². The standard InChI is InChI=1S/C34H39NO5/c1-3-5-10-23-39-28-18-16-26(17-19-28)31-30(32(36)27-14-11-15-29(24-27)40-22-6-4-2)33(37)34(38)35(31)21-20-25-12-8-7-9-13-25/h7-9,11-19,24,31,36H,3-6,10,20-23H2,1-2H3/b32-30+. The summed E-state index contributed by atoms with van der Waals surface area (Å²) in [6, 6.07) is 23.6. The van der Waals surface area contributed by atoms with E-state index in [2.05, 4.69) is 13.8 Å². The zero-order valence-corrected chi connectivity index (χ0v) is 23.5. The summed E-state index contributed by atoms with van der Waals surface area (Å²) >= 11 is 0. The Morgan fingerprint density at radius 3 is 2.23 bits per heavy atom. The zero-order valence-electron chi connectivity index (χ0n) is 23.5. The van der Waals surface area contributed by atoms with E-state index < -0.39 is 17.7 Å². The van der Waals surface area contributed by atoms with Crippen LogP contribution in [0.3, 0.4) is 0 Å². The fraction of sp³-hybridized carbons (Fsp3) is 0.353. The summed E-state index contributed by atoms with van der Waals surface area (Å²) in [5.41, 5.74) is 2.33. The predicted molar refractivity (Wildman–Crippen MR) is 157 cm³/mol. The largest absolute Gasteiger partial charge is 0.507 e. The van der Waals surface area contributed by atoms with Gasteiger partial charge in [0.25, 0.3) is 11.7 Å². The monoisotopic (exact) mass is 541 g/mol. The predicted octanol–water partition coefficient (Wildman–Crippen LogP) is 7.10. The maximum Gasteiger partial charge on any atom is 0.295 e. The van der Waals surface area contributed by atoms with E-state index in [4.69, 9.17) is 9.47 Å². The smallest absolute Gasteiger partial charge is 0.295 e. The van der Waals surface area contributed by atoms with Crippen LogP contribution in [0.5, 0.6) is 11.5 Å². The van der Waals surface area contributed by atoms with Crippen LogP contribution in [0.2, 0.25) is 0 Å². The minimum absolute atomic E-state index is 0.0837. The number of benzene rings is 3. The molecule has 1 saturated heterocycles. The molecule has 1 amide bonds. The van der Waals surface area contributed by atoms with Crippen molar-refractivity contribution in [2.75, 3.05) is 19.8 Å². The van der Waals surface area contributed by atoms with Gasteiger partial charge in [-0.25, -0.2) is 0 Å². The Labute approximate surface area is 237 Å². The van der Waals surface area contributed by atoms with Gasteiger partial charge in [-0.15, -0.1) is 0 Å². The molecule has 0 spiro atoms. The minimum atomic E-state index is -0.720. The minimum Gasteiger partial charge on any atom is -0.507 e. The molecule has 6 nitrogen and oxygen atoms in total. The Bertz CT molecular complexity index is 1300. The molecule has 0 aromatic heterocycles. The van der Waals surface area contributed by atoms with Gasteiger partial charge in [0.15, 0.2) is 0 Å². The number of unbranched alkanes of at least 4 members (excludes halogenated alkanes) is 3. The molecule has 0 saturated carbocycles. The van der Waals surface area contributed by atoms with E-state index in [0.29, 0.717) is 37.5 Å². The molecule has 4 rings (SSSR count). The van der Waals surface area contributed by atoms with Gasteiger partial charge >= 0.3 is 0 Å². The average molecular weight is 542 g/mol. The number of aliphatic hydroxyl groups is 1. The first-order valence-electron chi connectivity index (χ1n) is 14.3. The van der Waals surface area contributed by atoms with Crippen molar-refractivity contribution in [3.05, 3.63) is 101 Å². The third kappa shape index (κ3) is 7.12. The van der Waals surface area contributed by atoms with Crippen LogP contribution in [0.4, 0.5) is 0 Å². The average Bonchev–Trinajstić information content (AvgIpc) is 3.24. The molecule has 1 aliphatic rings. The maximum absolute atomic E-state index is 13.4. The number of ether oxygens (including phenoxy) is 2. The van der Waals surface area contributed by atoms with Gasteiger partial charge in [0.1, 0.15) is 17.3 Å². The van der Waals surface area contributed by atoms with Crippen molar-refractivity contribution in [2.45, 2.75) is 58.4 Å². The van der Waals surface area contributed by atoms with E-state index >= 15 is 0 Å². The molecule has 0 aliphatic carbocycles. The van der Waals surface area contributed by atoms with Crippen LogP contribution in [0, 0.1) is 0 Å². The maximum atomic E-state index is 13.4. The van der Waals surface area contributed by atoms with Crippen LogP contribution in [0.15, 0.2) is 84.4 Å². The third-order valence-corrected chi connectivity index (χ3v) is 7.11. The summed E-state index contributed by atoms with van der Waals surface area (Å²) in [6.07, 6.45) is 5.73. The van der Waals surface area contributed by atoms with E-state index in [1.165, 1.54) is 0 Å². The molecule has 1 fully saturated rings. The molecule has 1 N–H and O–H groups in total. The number of amides is 1. The normalized spacial score (nSPS) is 16.4. The summed E-state index contributed by atoms with van der Waals surface area (Å²) in [6.45, 7) is 5.79. The fourth-order valence-electron chi connectivity index (χ4n) is 4.86. The van der Waals surface area contributed by atoms with Crippen LogP contribution in [0.25, 0.3) is 5.76 Å². The molecular weight excluding hydrogens is 502 g/mol. The Hall–Kier alpha value is -4.06. The number of carbonyl (C=O) groups excluding carboxylic acids is 2. The number of rotatable bonds is 14. The number of Topliss-reactive ketones (excluding diaryl/α,β-unsaturated/α-hetero) is 1. The molecular formula is C34H39NO5. The zero-order chi connectivity index (χ0) is 28.3. The van der Waals surface area contributed by atoms with Crippen LogP contribution < -0.4 is 9.47 Å². The summed E-state index contributed by atoms with van der Waals surface area (Å²) in [7, 11) is 0. The van der Waals surface area contributed by atoms with Crippen molar-refractivity contribution in [1.82, 2.24) is 4.90 Å². The van der Waals surface area contributed by atoms with Crippen molar-refractivity contribution < 1.29 is 24.2 Å². The van der Waals surface area contributed by atoms with Crippen molar-refractivity contribution in [3.8, 4) is 11.5 Å². The molecule has 3 aromatic rings. The first-order valence-corrected chi connectivity index (χ1v) is 14.3. The Morgan fingerprint density at radius 1 is 0.800 bits per heavy atom. The lowest BCUT2D eigenvalue weighted by Gasteiger charge is -2.25. The van der Waals surface area contributed by atoms with E-state index in [1.54, 1.807) is 23.1 Å². The lowest BCUT2D eigenvalue weighted by molar-refractivity contribution is -0.139. The number of hydrogen-bond donors (Lipinski definition) is 1. The Morgan fingerprint density at radius 2 is 1.50 bits per heavy atom. The molecule has 0 radical (unpaired) electrons. The van der Waals surface area contributed by atoms with Gasteiger partial charge in [-0.3, -0.25) is 9.59 Å². The summed E-state index contributed by atoms with van der Waals surface area (Å²) in [5, 5.41) is 11.5. The van der Waals surface area contributed by atoms with Gasteiger partial charge < -0.3 is 19.5 Å². The van der Waals surface area contributed by atoms with Crippen LogP contribution >= 0.6 is 0 Å². The molecule has 40 heavy (non-hydrogen) atoms. The van der Waals surface area contributed by atoms with Crippen molar-refractivity contribution >= 4 is 17.4 Å².